The van der Waals surface area contributed by atoms with Gasteiger partial charge in [0.05, 0.1) is 16.8 Å². The molecule has 0 amide bonds. The van der Waals surface area contributed by atoms with E-state index in [2.05, 4.69) is 16.7 Å². The molecule has 0 fully saturated rings. The largest absolute Gasteiger partial charge is 0.382 e. The Kier molecular flexibility index (Phi) is 1.95. The monoisotopic (exact) mass is 182 g/mol. The molecular formula is C9H11ClN2. The quantitative estimate of drug-likeness (QED) is 0.695. The van der Waals surface area contributed by atoms with E-state index in [4.69, 9.17) is 11.6 Å². The molecule has 1 aliphatic heterocycles. The highest BCUT2D eigenvalue weighted by molar-refractivity contribution is 6.33. The average molecular weight is 183 g/mol. The fourth-order valence-corrected chi connectivity index (χ4v) is 1.84. The van der Waals surface area contributed by atoms with Gasteiger partial charge in [0, 0.05) is 6.54 Å². The van der Waals surface area contributed by atoms with Gasteiger partial charge in [-0.3, -0.25) is 0 Å². The Hall–Kier alpha value is -0.730. The molecule has 0 saturated carbocycles. The third-order valence-corrected chi connectivity index (χ3v) is 2.57. The molecule has 0 spiro atoms. The molecule has 0 bridgehead atoms. The van der Waals surface area contributed by atoms with Gasteiger partial charge in [0.25, 0.3) is 0 Å². The number of benzene rings is 1. The molecule has 1 atom stereocenters. The molecule has 1 unspecified atom stereocenters. The molecule has 64 valence electrons. The number of anilines is 1. The van der Waals surface area contributed by atoms with E-state index in [1.165, 1.54) is 5.56 Å². The zero-order chi connectivity index (χ0) is 8.55. The van der Waals surface area contributed by atoms with Crippen LogP contribution in [0.1, 0.15) is 11.6 Å². The summed E-state index contributed by atoms with van der Waals surface area (Å²) in [6, 6.07) is 6.39. The van der Waals surface area contributed by atoms with Crippen LogP contribution in [0.2, 0.25) is 5.02 Å². The Bertz CT molecular complexity index is 299. The van der Waals surface area contributed by atoms with Gasteiger partial charge >= 0.3 is 0 Å². The summed E-state index contributed by atoms with van der Waals surface area (Å²) in [6.45, 7) is 0.926. The fourth-order valence-electron chi connectivity index (χ4n) is 1.59. The minimum atomic E-state index is 0.402. The van der Waals surface area contributed by atoms with E-state index in [0.717, 1.165) is 17.3 Å². The van der Waals surface area contributed by atoms with Gasteiger partial charge in [-0.2, -0.15) is 0 Å². The Morgan fingerprint density at radius 2 is 2.42 bits per heavy atom. The highest BCUT2D eigenvalue weighted by Crippen LogP contribution is 2.34. The molecule has 1 heterocycles. The van der Waals surface area contributed by atoms with Crippen molar-refractivity contribution in [1.29, 1.82) is 0 Å². The Balaban J connectivity index is 2.46. The summed E-state index contributed by atoms with van der Waals surface area (Å²) in [4.78, 5) is 0. The highest BCUT2D eigenvalue weighted by atomic mass is 35.5. The van der Waals surface area contributed by atoms with Crippen molar-refractivity contribution in [2.75, 3.05) is 18.9 Å². The second kappa shape index (κ2) is 2.96. The predicted molar refractivity (Wildman–Crippen MR) is 51.7 cm³/mol. The van der Waals surface area contributed by atoms with E-state index in [9.17, 15) is 0 Å². The van der Waals surface area contributed by atoms with Gasteiger partial charge in [0.2, 0.25) is 0 Å². The maximum absolute atomic E-state index is 6.00. The summed E-state index contributed by atoms with van der Waals surface area (Å²) in [5, 5.41) is 7.31. The first-order valence-corrected chi connectivity index (χ1v) is 4.40. The third kappa shape index (κ3) is 1.08. The molecule has 0 aromatic heterocycles. The number of halogens is 1. The average Bonchev–Trinajstić information content (AvgIpc) is 2.49. The van der Waals surface area contributed by atoms with Gasteiger partial charge in [-0.1, -0.05) is 23.7 Å². The van der Waals surface area contributed by atoms with Gasteiger partial charge in [-0.05, 0) is 18.7 Å². The lowest BCUT2D eigenvalue weighted by Crippen LogP contribution is -2.17. The molecule has 3 heteroatoms. The number of fused-ring (bicyclic) bond motifs is 1. The molecule has 2 nitrogen and oxygen atoms in total. The maximum atomic E-state index is 6.00. The van der Waals surface area contributed by atoms with Crippen LogP contribution in [-0.2, 0) is 0 Å². The smallest absolute Gasteiger partial charge is 0.0640 e. The zero-order valence-corrected chi connectivity index (χ0v) is 7.65. The van der Waals surface area contributed by atoms with Gasteiger partial charge in [-0.25, -0.2) is 0 Å². The Morgan fingerprint density at radius 3 is 3.17 bits per heavy atom. The highest BCUT2D eigenvalue weighted by Gasteiger charge is 2.21. The summed E-state index contributed by atoms with van der Waals surface area (Å²) in [7, 11) is 1.96. The maximum Gasteiger partial charge on any atom is 0.0640 e. The number of hydrogen-bond donors (Lipinski definition) is 2. The van der Waals surface area contributed by atoms with Crippen molar-refractivity contribution in [2.24, 2.45) is 0 Å². The van der Waals surface area contributed by atoms with Crippen molar-refractivity contribution in [1.82, 2.24) is 5.32 Å². The van der Waals surface area contributed by atoms with Crippen molar-refractivity contribution < 1.29 is 0 Å². The minimum Gasteiger partial charge on any atom is -0.382 e. The molecule has 2 rings (SSSR count). The molecule has 0 radical (unpaired) electrons. The van der Waals surface area contributed by atoms with Crippen molar-refractivity contribution in [2.45, 2.75) is 6.04 Å². The molecule has 0 aliphatic carbocycles. The minimum absolute atomic E-state index is 0.402. The van der Waals surface area contributed by atoms with E-state index in [0.29, 0.717) is 6.04 Å². The predicted octanol–water partition coefficient (Wildman–Crippen LogP) is 2.03. The SMILES string of the molecule is CNC1CNc2c(Cl)cccc21. The first-order chi connectivity index (χ1) is 5.83. The van der Waals surface area contributed by atoms with Crippen LogP contribution in [0.15, 0.2) is 18.2 Å². The number of hydrogen-bond acceptors (Lipinski definition) is 2. The normalized spacial score (nSPS) is 20.3. The summed E-state index contributed by atoms with van der Waals surface area (Å²) >= 11 is 6.00. The lowest BCUT2D eigenvalue weighted by atomic mass is 10.1. The van der Waals surface area contributed by atoms with Crippen LogP contribution in [0.25, 0.3) is 0 Å². The summed E-state index contributed by atoms with van der Waals surface area (Å²) in [6.07, 6.45) is 0. The van der Waals surface area contributed by atoms with Crippen LogP contribution in [0.3, 0.4) is 0 Å². The Morgan fingerprint density at radius 1 is 1.58 bits per heavy atom. The van der Waals surface area contributed by atoms with Crippen LogP contribution in [0.5, 0.6) is 0 Å². The van der Waals surface area contributed by atoms with Crippen molar-refractivity contribution in [3.63, 3.8) is 0 Å². The Labute approximate surface area is 76.9 Å². The van der Waals surface area contributed by atoms with Crippen LogP contribution >= 0.6 is 11.6 Å². The van der Waals surface area contributed by atoms with Gasteiger partial charge in [0.1, 0.15) is 0 Å². The van der Waals surface area contributed by atoms with Crippen molar-refractivity contribution in [3.8, 4) is 0 Å². The number of nitrogens with one attached hydrogen (secondary N) is 2. The van der Waals surface area contributed by atoms with E-state index in [1.807, 2.05) is 19.2 Å². The molecule has 0 saturated heterocycles. The second-order valence-electron chi connectivity index (χ2n) is 2.93. The number of para-hydroxylation sites is 1. The topological polar surface area (TPSA) is 24.1 Å². The standard InChI is InChI=1S/C9H11ClN2/c1-11-8-5-12-9-6(8)3-2-4-7(9)10/h2-4,8,11-12H,5H2,1H3. The fraction of sp³-hybridized carbons (Fsp3) is 0.333. The summed E-state index contributed by atoms with van der Waals surface area (Å²) in [5.74, 6) is 0. The van der Waals surface area contributed by atoms with E-state index >= 15 is 0 Å². The number of likely N-dealkylation sites (N-methyl/N-ethyl adjacent to an activating group) is 1. The zero-order valence-electron chi connectivity index (χ0n) is 6.89. The van der Waals surface area contributed by atoms with Crippen LogP contribution in [-0.4, -0.2) is 13.6 Å². The molecule has 1 aromatic carbocycles. The van der Waals surface area contributed by atoms with Crippen LogP contribution in [0.4, 0.5) is 5.69 Å². The second-order valence-corrected chi connectivity index (χ2v) is 3.33. The van der Waals surface area contributed by atoms with Crippen molar-refractivity contribution in [3.05, 3.63) is 28.8 Å². The molecule has 2 N–H and O–H groups in total. The lowest BCUT2D eigenvalue weighted by Gasteiger charge is -2.07. The summed E-state index contributed by atoms with van der Waals surface area (Å²) < 4.78 is 0. The summed E-state index contributed by atoms with van der Waals surface area (Å²) in [5.41, 5.74) is 2.35. The van der Waals surface area contributed by atoms with Gasteiger partial charge in [-0.15, -0.1) is 0 Å². The van der Waals surface area contributed by atoms with E-state index in [-0.39, 0.29) is 0 Å². The van der Waals surface area contributed by atoms with Gasteiger partial charge < -0.3 is 10.6 Å². The third-order valence-electron chi connectivity index (χ3n) is 2.25. The molecule has 1 aromatic rings. The van der Waals surface area contributed by atoms with Crippen LogP contribution < -0.4 is 10.6 Å². The molecule has 12 heavy (non-hydrogen) atoms. The van der Waals surface area contributed by atoms with Gasteiger partial charge in [0.15, 0.2) is 0 Å². The van der Waals surface area contributed by atoms with E-state index in [1.54, 1.807) is 0 Å². The van der Waals surface area contributed by atoms with Crippen LogP contribution in [0, 0.1) is 0 Å². The lowest BCUT2D eigenvalue weighted by molar-refractivity contribution is 0.648. The first kappa shape index (κ1) is 7.90. The van der Waals surface area contributed by atoms with Crippen molar-refractivity contribution >= 4 is 17.3 Å². The molecule has 1 aliphatic rings. The first-order valence-electron chi connectivity index (χ1n) is 4.02. The van der Waals surface area contributed by atoms with E-state index < -0.39 is 0 Å². The number of rotatable bonds is 1. The molecular weight excluding hydrogens is 172 g/mol.